The van der Waals surface area contributed by atoms with E-state index in [-0.39, 0.29) is 6.17 Å². The zero-order chi connectivity index (χ0) is 5.70. The Hall–Kier alpha value is -0.120. The fourth-order valence-corrected chi connectivity index (χ4v) is 0.311. The first kappa shape index (κ1) is 6.88. The van der Waals surface area contributed by atoms with Crippen molar-refractivity contribution in [2.24, 2.45) is 11.5 Å². The second kappa shape index (κ2) is 4.05. The number of nitrogens with two attached hydrogens (primary N) is 2. The van der Waals surface area contributed by atoms with Gasteiger partial charge in [0.05, 0.1) is 6.17 Å². The molecular formula is C4H13N3. The van der Waals surface area contributed by atoms with Crippen LogP contribution in [0, 0.1) is 0 Å². The molecule has 3 heteroatoms. The van der Waals surface area contributed by atoms with Gasteiger partial charge >= 0.3 is 0 Å². The summed E-state index contributed by atoms with van der Waals surface area (Å²) in [5.41, 5.74) is 10.5. The smallest absolute Gasteiger partial charge is 0.0517 e. The van der Waals surface area contributed by atoms with Gasteiger partial charge in [-0.3, -0.25) is 0 Å². The standard InChI is InChI=1S/C4H13N3/c1-4(6)7-3-2-5/h4,7H,2-3,5-6H2,1H3. The molecule has 0 aromatic heterocycles. The Kier molecular flexibility index (Phi) is 3.98. The van der Waals surface area contributed by atoms with Gasteiger partial charge in [0.2, 0.25) is 0 Å². The first-order valence-corrected chi connectivity index (χ1v) is 2.46. The quantitative estimate of drug-likeness (QED) is 0.395. The topological polar surface area (TPSA) is 64.1 Å². The maximum atomic E-state index is 5.31. The van der Waals surface area contributed by atoms with Gasteiger partial charge in [-0.05, 0) is 6.92 Å². The van der Waals surface area contributed by atoms with Crippen molar-refractivity contribution < 1.29 is 0 Å². The Bertz CT molecular complexity index is 35.9. The van der Waals surface area contributed by atoms with E-state index in [1.165, 1.54) is 0 Å². The molecule has 0 bridgehead atoms. The van der Waals surface area contributed by atoms with E-state index in [1.807, 2.05) is 6.92 Å². The van der Waals surface area contributed by atoms with Crippen LogP contribution in [0.3, 0.4) is 0 Å². The lowest BCUT2D eigenvalue weighted by atomic mass is 10.5. The summed E-state index contributed by atoms with van der Waals surface area (Å²) in [6, 6.07) is 0. The van der Waals surface area contributed by atoms with Crippen molar-refractivity contribution in [2.75, 3.05) is 13.1 Å². The lowest BCUT2D eigenvalue weighted by molar-refractivity contribution is 0.574. The minimum atomic E-state index is 0.0727. The van der Waals surface area contributed by atoms with Crippen molar-refractivity contribution in [1.82, 2.24) is 5.32 Å². The molecule has 0 aliphatic carbocycles. The van der Waals surface area contributed by atoms with Crippen molar-refractivity contribution in [3.05, 3.63) is 0 Å². The number of rotatable bonds is 3. The lowest BCUT2D eigenvalue weighted by Crippen LogP contribution is -2.37. The third kappa shape index (κ3) is 5.88. The van der Waals surface area contributed by atoms with Crippen molar-refractivity contribution in [1.29, 1.82) is 0 Å². The van der Waals surface area contributed by atoms with Crippen LogP contribution in [0.5, 0.6) is 0 Å². The summed E-state index contributed by atoms with van der Waals surface area (Å²) in [7, 11) is 0. The fourth-order valence-electron chi connectivity index (χ4n) is 0.311. The molecule has 1 atom stereocenters. The number of hydrogen-bond donors (Lipinski definition) is 3. The van der Waals surface area contributed by atoms with Crippen LogP contribution in [0.15, 0.2) is 0 Å². The largest absolute Gasteiger partial charge is 0.329 e. The molecule has 0 saturated heterocycles. The summed E-state index contributed by atoms with van der Waals surface area (Å²) < 4.78 is 0. The average molecular weight is 103 g/mol. The number of hydrogen-bond acceptors (Lipinski definition) is 3. The van der Waals surface area contributed by atoms with E-state index < -0.39 is 0 Å². The Morgan fingerprint density at radius 2 is 2.29 bits per heavy atom. The molecule has 0 spiro atoms. The summed E-state index contributed by atoms with van der Waals surface area (Å²) in [6.07, 6.45) is 0.0727. The molecular weight excluding hydrogens is 90.1 g/mol. The molecule has 0 rings (SSSR count). The van der Waals surface area contributed by atoms with Gasteiger partial charge in [-0.25, -0.2) is 0 Å². The zero-order valence-electron chi connectivity index (χ0n) is 4.65. The molecule has 3 nitrogen and oxygen atoms in total. The van der Waals surface area contributed by atoms with Gasteiger partial charge in [-0.2, -0.15) is 0 Å². The van der Waals surface area contributed by atoms with Crippen LogP contribution in [0.4, 0.5) is 0 Å². The molecule has 0 aromatic rings. The lowest BCUT2D eigenvalue weighted by Gasteiger charge is -2.03. The van der Waals surface area contributed by atoms with Gasteiger partial charge < -0.3 is 16.8 Å². The highest BCUT2D eigenvalue weighted by atomic mass is 15.0. The van der Waals surface area contributed by atoms with Crippen LogP contribution in [-0.4, -0.2) is 19.3 Å². The first-order chi connectivity index (χ1) is 3.27. The molecule has 0 heterocycles. The SMILES string of the molecule is CC(N)NCCN. The number of nitrogens with one attached hydrogen (secondary N) is 1. The molecule has 44 valence electrons. The maximum absolute atomic E-state index is 5.31. The van der Waals surface area contributed by atoms with Crippen LogP contribution < -0.4 is 16.8 Å². The maximum Gasteiger partial charge on any atom is 0.0517 e. The fraction of sp³-hybridized carbons (Fsp3) is 1.00. The van der Waals surface area contributed by atoms with Crippen LogP contribution in [-0.2, 0) is 0 Å². The summed E-state index contributed by atoms with van der Waals surface area (Å²) in [4.78, 5) is 0. The van der Waals surface area contributed by atoms with Crippen LogP contribution in [0.1, 0.15) is 6.92 Å². The molecule has 0 saturated carbocycles. The average Bonchev–Trinajstić information content (AvgIpc) is 1.61. The Balaban J connectivity index is 2.68. The minimum absolute atomic E-state index is 0.0727. The van der Waals surface area contributed by atoms with Crippen molar-refractivity contribution in [2.45, 2.75) is 13.1 Å². The van der Waals surface area contributed by atoms with Gasteiger partial charge in [0.15, 0.2) is 0 Å². The highest BCUT2D eigenvalue weighted by molar-refractivity contribution is 4.49. The highest BCUT2D eigenvalue weighted by Gasteiger charge is 1.85. The second-order valence-electron chi connectivity index (χ2n) is 1.53. The Morgan fingerprint density at radius 1 is 1.71 bits per heavy atom. The predicted octanol–water partition coefficient (Wildman–Crippen LogP) is -1.16. The van der Waals surface area contributed by atoms with E-state index in [4.69, 9.17) is 11.5 Å². The molecule has 5 N–H and O–H groups in total. The van der Waals surface area contributed by atoms with Gasteiger partial charge in [-0.1, -0.05) is 0 Å². The summed E-state index contributed by atoms with van der Waals surface area (Å²) >= 11 is 0. The monoisotopic (exact) mass is 103 g/mol. The van der Waals surface area contributed by atoms with Gasteiger partial charge in [-0.15, -0.1) is 0 Å². The molecule has 7 heavy (non-hydrogen) atoms. The van der Waals surface area contributed by atoms with Crippen LogP contribution in [0.25, 0.3) is 0 Å². The zero-order valence-corrected chi connectivity index (χ0v) is 4.65. The van der Waals surface area contributed by atoms with E-state index in [1.54, 1.807) is 0 Å². The second-order valence-corrected chi connectivity index (χ2v) is 1.53. The van der Waals surface area contributed by atoms with Crippen LogP contribution >= 0.6 is 0 Å². The minimum Gasteiger partial charge on any atom is -0.329 e. The first-order valence-electron chi connectivity index (χ1n) is 2.46. The molecule has 0 aliphatic heterocycles. The van der Waals surface area contributed by atoms with Crippen molar-refractivity contribution in [3.8, 4) is 0 Å². The molecule has 0 amide bonds. The molecule has 0 aromatic carbocycles. The van der Waals surface area contributed by atoms with E-state index in [2.05, 4.69) is 5.32 Å². The van der Waals surface area contributed by atoms with E-state index >= 15 is 0 Å². The summed E-state index contributed by atoms with van der Waals surface area (Å²) in [5, 5.41) is 2.95. The third-order valence-electron chi connectivity index (χ3n) is 0.611. The van der Waals surface area contributed by atoms with Gasteiger partial charge in [0.25, 0.3) is 0 Å². The Labute approximate surface area is 44.1 Å². The van der Waals surface area contributed by atoms with E-state index in [9.17, 15) is 0 Å². The normalized spacial score (nSPS) is 14.1. The summed E-state index contributed by atoms with van der Waals surface area (Å²) in [5.74, 6) is 0. The highest BCUT2D eigenvalue weighted by Crippen LogP contribution is 1.60. The third-order valence-corrected chi connectivity index (χ3v) is 0.611. The van der Waals surface area contributed by atoms with Gasteiger partial charge in [0, 0.05) is 13.1 Å². The van der Waals surface area contributed by atoms with E-state index in [0.717, 1.165) is 6.54 Å². The molecule has 0 aliphatic rings. The predicted molar refractivity (Wildman–Crippen MR) is 30.7 cm³/mol. The molecule has 1 unspecified atom stereocenters. The van der Waals surface area contributed by atoms with Crippen molar-refractivity contribution >= 4 is 0 Å². The molecule has 0 radical (unpaired) electrons. The summed E-state index contributed by atoms with van der Waals surface area (Å²) in [6.45, 7) is 3.34. The van der Waals surface area contributed by atoms with Gasteiger partial charge in [0.1, 0.15) is 0 Å². The Morgan fingerprint density at radius 3 is 2.43 bits per heavy atom. The van der Waals surface area contributed by atoms with Crippen LogP contribution in [0.2, 0.25) is 0 Å². The van der Waals surface area contributed by atoms with Crippen molar-refractivity contribution in [3.63, 3.8) is 0 Å². The van der Waals surface area contributed by atoms with E-state index in [0.29, 0.717) is 6.54 Å². The molecule has 0 fully saturated rings.